The molecular formula is C13H18FNO2. The fourth-order valence-electron chi connectivity index (χ4n) is 2.06. The Balaban J connectivity index is 1.97. The number of hydrogen-bond donors (Lipinski definition) is 1. The molecule has 1 aliphatic heterocycles. The number of hydrogen-bond acceptors (Lipinski definition) is 3. The van der Waals surface area contributed by atoms with Gasteiger partial charge in [0.25, 0.3) is 0 Å². The molecule has 0 bridgehead atoms. The van der Waals surface area contributed by atoms with Gasteiger partial charge in [-0.1, -0.05) is 6.07 Å². The third-order valence-electron chi connectivity index (χ3n) is 3.02. The minimum atomic E-state index is -0.314. The van der Waals surface area contributed by atoms with Crippen LogP contribution in [-0.2, 0) is 11.3 Å². The molecule has 1 aromatic rings. The van der Waals surface area contributed by atoms with E-state index in [1.165, 1.54) is 6.07 Å². The molecule has 94 valence electrons. The fraction of sp³-hybridized carbons (Fsp3) is 0.538. The largest absolute Gasteiger partial charge is 0.490 e. The van der Waals surface area contributed by atoms with Crippen LogP contribution >= 0.6 is 0 Å². The standard InChI is InChI=1S/C13H18FNO2/c1-9-5-6-10(17-9)8-16-13-4-2-3-12(14)11(13)7-15/h2-4,9-10H,5-8,15H2,1H3. The molecule has 1 heterocycles. The first-order valence-electron chi connectivity index (χ1n) is 5.96. The summed E-state index contributed by atoms with van der Waals surface area (Å²) in [7, 11) is 0. The second-order valence-corrected chi connectivity index (χ2v) is 4.38. The van der Waals surface area contributed by atoms with Crippen molar-refractivity contribution in [2.24, 2.45) is 5.73 Å². The molecule has 0 aliphatic carbocycles. The maximum absolute atomic E-state index is 13.4. The van der Waals surface area contributed by atoms with Crippen molar-refractivity contribution in [1.29, 1.82) is 0 Å². The Morgan fingerprint density at radius 1 is 1.47 bits per heavy atom. The smallest absolute Gasteiger partial charge is 0.131 e. The Morgan fingerprint density at radius 2 is 2.29 bits per heavy atom. The van der Waals surface area contributed by atoms with E-state index in [4.69, 9.17) is 15.2 Å². The van der Waals surface area contributed by atoms with Crippen LogP contribution in [-0.4, -0.2) is 18.8 Å². The SMILES string of the molecule is CC1CCC(COc2cccc(F)c2CN)O1. The van der Waals surface area contributed by atoms with E-state index in [1.807, 2.05) is 6.92 Å². The topological polar surface area (TPSA) is 44.5 Å². The zero-order chi connectivity index (χ0) is 12.3. The van der Waals surface area contributed by atoms with E-state index in [9.17, 15) is 4.39 Å². The van der Waals surface area contributed by atoms with Crippen LogP contribution in [0.3, 0.4) is 0 Å². The monoisotopic (exact) mass is 239 g/mol. The first kappa shape index (κ1) is 12.3. The molecule has 1 aliphatic rings. The van der Waals surface area contributed by atoms with E-state index in [0.717, 1.165) is 12.8 Å². The summed E-state index contributed by atoms with van der Waals surface area (Å²) < 4.78 is 24.7. The summed E-state index contributed by atoms with van der Waals surface area (Å²) in [5.41, 5.74) is 5.94. The molecule has 2 unspecified atom stereocenters. The molecule has 2 N–H and O–H groups in total. The number of benzene rings is 1. The van der Waals surface area contributed by atoms with E-state index in [2.05, 4.69) is 0 Å². The van der Waals surface area contributed by atoms with Gasteiger partial charge in [0.1, 0.15) is 18.2 Å². The van der Waals surface area contributed by atoms with E-state index in [0.29, 0.717) is 24.0 Å². The minimum Gasteiger partial charge on any atom is -0.490 e. The third-order valence-corrected chi connectivity index (χ3v) is 3.02. The molecule has 4 heteroatoms. The first-order chi connectivity index (χ1) is 8.20. The highest BCUT2D eigenvalue weighted by atomic mass is 19.1. The summed E-state index contributed by atoms with van der Waals surface area (Å²) >= 11 is 0. The van der Waals surface area contributed by atoms with Crippen molar-refractivity contribution in [3.63, 3.8) is 0 Å². The fourth-order valence-corrected chi connectivity index (χ4v) is 2.06. The molecule has 1 aromatic carbocycles. The van der Waals surface area contributed by atoms with Crippen LogP contribution in [0.2, 0.25) is 0 Å². The van der Waals surface area contributed by atoms with Gasteiger partial charge in [0.15, 0.2) is 0 Å². The van der Waals surface area contributed by atoms with E-state index in [-0.39, 0.29) is 18.5 Å². The Hall–Kier alpha value is -1.13. The van der Waals surface area contributed by atoms with Crippen LogP contribution in [0.1, 0.15) is 25.3 Å². The molecule has 17 heavy (non-hydrogen) atoms. The third kappa shape index (κ3) is 2.96. The molecule has 0 saturated carbocycles. The van der Waals surface area contributed by atoms with E-state index >= 15 is 0 Å². The molecule has 2 atom stereocenters. The lowest BCUT2D eigenvalue weighted by Gasteiger charge is -2.15. The number of ether oxygens (including phenoxy) is 2. The van der Waals surface area contributed by atoms with Gasteiger partial charge in [-0.05, 0) is 31.9 Å². The van der Waals surface area contributed by atoms with E-state index < -0.39 is 0 Å². The first-order valence-corrected chi connectivity index (χ1v) is 5.96. The van der Waals surface area contributed by atoms with Crippen molar-refractivity contribution in [2.45, 2.75) is 38.5 Å². The molecule has 1 fully saturated rings. The number of nitrogens with two attached hydrogens (primary N) is 1. The average molecular weight is 239 g/mol. The summed E-state index contributed by atoms with van der Waals surface area (Å²) in [6.45, 7) is 2.65. The highest BCUT2D eigenvalue weighted by Gasteiger charge is 2.22. The highest BCUT2D eigenvalue weighted by Crippen LogP contribution is 2.24. The van der Waals surface area contributed by atoms with Gasteiger partial charge >= 0.3 is 0 Å². The normalized spacial score (nSPS) is 23.9. The van der Waals surface area contributed by atoms with Crippen LogP contribution in [0, 0.1) is 5.82 Å². The molecule has 0 radical (unpaired) electrons. The summed E-state index contributed by atoms with van der Waals surface area (Å²) in [5.74, 6) is 0.210. The Kier molecular flexibility index (Phi) is 3.97. The van der Waals surface area contributed by atoms with Crippen molar-refractivity contribution in [2.75, 3.05) is 6.61 Å². The van der Waals surface area contributed by atoms with Gasteiger partial charge < -0.3 is 15.2 Å². The second-order valence-electron chi connectivity index (χ2n) is 4.38. The zero-order valence-electron chi connectivity index (χ0n) is 9.99. The molecule has 3 nitrogen and oxygen atoms in total. The summed E-state index contributed by atoms with van der Waals surface area (Å²) in [5, 5.41) is 0. The van der Waals surface area contributed by atoms with Gasteiger partial charge in [-0.15, -0.1) is 0 Å². The lowest BCUT2D eigenvalue weighted by molar-refractivity contribution is 0.0262. The zero-order valence-corrected chi connectivity index (χ0v) is 9.99. The lowest BCUT2D eigenvalue weighted by Crippen LogP contribution is -2.19. The summed E-state index contributed by atoms with van der Waals surface area (Å²) in [4.78, 5) is 0. The summed E-state index contributed by atoms with van der Waals surface area (Å²) in [6, 6.07) is 4.76. The average Bonchev–Trinajstić information content (AvgIpc) is 2.72. The minimum absolute atomic E-state index is 0.110. The molecule has 1 saturated heterocycles. The van der Waals surface area contributed by atoms with Gasteiger partial charge in [-0.25, -0.2) is 4.39 Å². The van der Waals surface area contributed by atoms with Crippen molar-refractivity contribution in [3.05, 3.63) is 29.6 Å². The molecule has 0 amide bonds. The van der Waals surface area contributed by atoms with Crippen LogP contribution < -0.4 is 10.5 Å². The van der Waals surface area contributed by atoms with Crippen LogP contribution in [0.4, 0.5) is 4.39 Å². The van der Waals surface area contributed by atoms with E-state index in [1.54, 1.807) is 12.1 Å². The predicted molar refractivity (Wildman–Crippen MR) is 63.4 cm³/mol. The highest BCUT2D eigenvalue weighted by molar-refractivity contribution is 5.34. The van der Waals surface area contributed by atoms with Gasteiger partial charge in [0, 0.05) is 12.1 Å². The number of halogens is 1. The molecule has 0 aromatic heterocycles. The summed E-state index contributed by atoms with van der Waals surface area (Å²) in [6.07, 6.45) is 2.46. The second kappa shape index (κ2) is 5.47. The van der Waals surface area contributed by atoms with Gasteiger partial charge in [-0.2, -0.15) is 0 Å². The number of rotatable bonds is 4. The lowest BCUT2D eigenvalue weighted by atomic mass is 10.2. The Bertz CT molecular complexity index is 384. The van der Waals surface area contributed by atoms with Crippen molar-refractivity contribution < 1.29 is 13.9 Å². The predicted octanol–water partition coefficient (Wildman–Crippen LogP) is 2.23. The van der Waals surface area contributed by atoms with Crippen molar-refractivity contribution in [1.82, 2.24) is 0 Å². The Morgan fingerprint density at radius 3 is 2.94 bits per heavy atom. The van der Waals surface area contributed by atoms with Crippen molar-refractivity contribution >= 4 is 0 Å². The van der Waals surface area contributed by atoms with Crippen LogP contribution in [0.15, 0.2) is 18.2 Å². The van der Waals surface area contributed by atoms with Crippen LogP contribution in [0.5, 0.6) is 5.75 Å². The van der Waals surface area contributed by atoms with Crippen LogP contribution in [0.25, 0.3) is 0 Å². The van der Waals surface area contributed by atoms with Crippen molar-refractivity contribution in [3.8, 4) is 5.75 Å². The maximum atomic E-state index is 13.4. The quantitative estimate of drug-likeness (QED) is 0.876. The van der Waals surface area contributed by atoms with Gasteiger partial charge in [0.05, 0.1) is 12.2 Å². The molecule has 2 rings (SSSR count). The molecular weight excluding hydrogens is 221 g/mol. The maximum Gasteiger partial charge on any atom is 0.131 e. The van der Waals surface area contributed by atoms with Gasteiger partial charge in [-0.3, -0.25) is 0 Å². The van der Waals surface area contributed by atoms with Gasteiger partial charge in [0.2, 0.25) is 0 Å². The molecule has 0 spiro atoms. The Labute approximate surface area is 101 Å².